The highest BCUT2D eigenvalue weighted by atomic mass is 19.1. The van der Waals surface area contributed by atoms with Crippen molar-refractivity contribution in [1.82, 2.24) is 0 Å². The molecule has 1 aliphatic carbocycles. The van der Waals surface area contributed by atoms with Gasteiger partial charge in [0, 0.05) is 11.7 Å². The lowest BCUT2D eigenvalue weighted by Crippen LogP contribution is -2.27. The van der Waals surface area contributed by atoms with E-state index in [2.05, 4.69) is 29.6 Å². The Bertz CT molecular complexity index is 673. The van der Waals surface area contributed by atoms with Gasteiger partial charge in [0.25, 0.3) is 0 Å². The van der Waals surface area contributed by atoms with E-state index in [1.165, 1.54) is 23.3 Å². The predicted molar refractivity (Wildman–Crippen MR) is 77.0 cm³/mol. The number of fused-ring (bicyclic) bond motifs is 1. The molecule has 2 aromatic carbocycles. The largest absolute Gasteiger partial charge is 0.382 e. The molecular formula is C17H15FN2. The van der Waals surface area contributed by atoms with Crippen molar-refractivity contribution in [2.75, 3.05) is 5.32 Å². The van der Waals surface area contributed by atoms with Crippen LogP contribution in [0, 0.1) is 17.1 Å². The highest BCUT2D eigenvalue weighted by Crippen LogP contribution is 2.24. The second-order valence-corrected chi connectivity index (χ2v) is 5.16. The topological polar surface area (TPSA) is 35.8 Å². The summed E-state index contributed by atoms with van der Waals surface area (Å²) in [5.74, 6) is -0.464. The van der Waals surface area contributed by atoms with Gasteiger partial charge in [0.1, 0.15) is 11.9 Å². The Labute approximate surface area is 117 Å². The van der Waals surface area contributed by atoms with E-state index in [9.17, 15) is 4.39 Å². The molecule has 2 aromatic rings. The predicted octanol–water partition coefficient (Wildman–Crippen LogP) is 3.67. The molecule has 0 saturated heterocycles. The number of nitriles is 1. The average Bonchev–Trinajstić information content (AvgIpc) is 2.47. The van der Waals surface area contributed by atoms with Crippen molar-refractivity contribution in [1.29, 1.82) is 5.26 Å². The van der Waals surface area contributed by atoms with Crippen molar-refractivity contribution in [3.63, 3.8) is 0 Å². The van der Waals surface area contributed by atoms with Crippen LogP contribution >= 0.6 is 0 Å². The van der Waals surface area contributed by atoms with Gasteiger partial charge in [0.15, 0.2) is 0 Å². The maximum Gasteiger partial charge on any atom is 0.143 e. The van der Waals surface area contributed by atoms with E-state index >= 15 is 0 Å². The Morgan fingerprint density at radius 3 is 2.70 bits per heavy atom. The minimum Gasteiger partial charge on any atom is -0.382 e. The summed E-state index contributed by atoms with van der Waals surface area (Å²) in [6.45, 7) is 0. The van der Waals surface area contributed by atoms with Gasteiger partial charge in [-0.05, 0) is 48.6 Å². The monoisotopic (exact) mass is 266 g/mol. The highest BCUT2D eigenvalue weighted by Gasteiger charge is 2.18. The normalized spacial score (nSPS) is 17.1. The number of rotatable bonds is 2. The number of hydrogen-bond donors (Lipinski definition) is 1. The Kier molecular flexibility index (Phi) is 3.39. The molecule has 0 heterocycles. The summed E-state index contributed by atoms with van der Waals surface area (Å²) in [6, 6.07) is 15.3. The molecular weight excluding hydrogens is 251 g/mol. The first-order valence-corrected chi connectivity index (χ1v) is 6.79. The van der Waals surface area contributed by atoms with Crippen molar-refractivity contribution in [3.8, 4) is 6.07 Å². The Morgan fingerprint density at radius 2 is 1.95 bits per heavy atom. The SMILES string of the molecule is N#Cc1ccc(NC2CCc3ccccc3C2)cc1F. The molecule has 2 nitrogen and oxygen atoms in total. The van der Waals surface area contributed by atoms with Crippen LogP contribution in [0.4, 0.5) is 10.1 Å². The summed E-state index contributed by atoms with van der Waals surface area (Å²) in [5, 5.41) is 12.1. The molecule has 100 valence electrons. The minimum absolute atomic E-state index is 0.0875. The molecule has 1 unspecified atom stereocenters. The van der Waals surface area contributed by atoms with E-state index in [1.54, 1.807) is 6.07 Å². The fourth-order valence-electron chi connectivity index (χ4n) is 2.75. The minimum atomic E-state index is -0.464. The third-order valence-corrected chi connectivity index (χ3v) is 3.81. The molecule has 0 saturated carbocycles. The summed E-state index contributed by atoms with van der Waals surface area (Å²) in [4.78, 5) is 0. The third-order valence-electron chi connectivity index (χ3n) is 3.81. The standard InChI is InChI=1S/C17H15FN2/c18-17-10-16(8-6-14(17)11-19)20-15-7-5-12-3-1-2-4-13(12)9-15/h1-4,6,8,10,15,20H,5,7,9H2. The molecule has 3 rings (SSSR count). The molecule has 1 N–H and O–H groups in total. The molecule has 0 bridgehead atoms. The van der Waals surface area contributed by atoms with Crippen LogP contribution in [0.5, 0.6) is 0 Å². The molecule has 0 fully saturated rings. The molecule has 0 radical (unpaired) electrons. The summed E-state index contributed by atoms with van der Waals surface area (Å²) in [7, 11) is 0. The van der Waals surface area contributed by atoms with Gasteiger partial charge in [-0.2, -0.15) is 5.26 Å². The maximum atomic E-state index is 13.6. The number of aryl methyl sites for hydroxylation is 1. The van der Waals surface area contributed by atoms with Gasteiger partial charge in [0.05, 0.1) is 5.56 Å². The first-order chi connectivity index (χ1) is 9.76. The number of nitrogens with zero attached hydrogens (tertiary/aromatic N) is 1. The van der Waals surface area contributed by atoms with Gasteiger partial charge in [0.2, 0.25) is 0 Å². The van der Waals surface area contributed by atoms with Crippen LogP contribution in [0.25, 0.3) is 0 Å². The van der Waals surface area contributed by atoms with Gasteiger partial charge in [-0.15, -0.1) is 0 Å². The van der Waals surface area contributed by atoms with Gasteiger partial charge in [-0.3, -0.25) is 0 Å². The van der Waals surface area contributed by atoms with Crippen molar-refractivity contribution >= 4 is 5.69 Å². The van der Waals surface area contributed by atoms with E-state index in [1.807, 2.05) is 6.07 Å². The van der Waals surface area contributed by atoms with E-state index in [0.29, 0.717) is 6.04 Å². The number of nitrogens with one attached hydrogen (secondary N) is 1. The third kappa shape index (κ3) is 2.50. The molecule has 0 spiro atoms. The summed E-state index contributed by atoms with van der Waals surface area (Å²) >= 11 is 0. The average molecular weight is 266 g/mol. The van der Waals surface area contributed by atoms with Crippen LogP contribution in [0.3, 0.4) is 0 Å². The van der Waals surface area contributed by atoms with Crippen LogP contribution in [-0.4, -0.2) is 6.04 Å². The van der Waals surface area contributed by atoms with Gasteiger partial charge in [-0.25, -0.2) is 4.39 Å². The van der Waals surface area contributed by atoms with E-state index in [0.717, 1.165) is 24.9 Å². The zero-order valence-corrected chi connectivity index (χ0v) is 11.1. The molecule has 0 aromatic heterocycles. The lowest BCUT2D eigenvalue weighted by molar-refractivity contribution is 0.606. The van der Waals surface area contributed by atoms with Gasteiger partial charge in [-0.1, -0.05) is 24.3 Å². The zero-order chi connectivity index (χ0) is 13.9. The van der Waals surface area contributed by atoms with Crippen LogP contribution in [0.15, 0.2) is 42.5 Å². The van der Waals surface area contributed by atoms with Crippen molar-refractivity contribution < 1.29 is 4.39 Å². The molecule has 0 aliphatic heterocycles. The molecule has 1 aliphatic rings. The lowest BCUT2D eigenvalue weighted by atomic mass is 9.88. The zero-order valence-electron chi connectivity index (χ0n) is 11.1. The van der Waals surface area contributed by atoms with Crippen LogP contribution in [0.2, 0.25) is 0 Å². The van der Waals surface area contributed by atoms with Crippen molar-refractivity contribution in [3.05, 3.63) is 65.0 Å². The van der Waals surface area contributed by atoms with Gasteiger partial charge >= 0.3 is 0 Å². The van der Waals surface area contributed by atoms with E-state index in [-0.39, 0.29) is 5.56 Å². The number of anilines is 1. The van der Waals surface area contributed by atoms with Crippen LogP contribution in [-0.2, 0) is 12.8 Å². The number of halogens is 1. The van der Waals surface area contributed by atoms with Crippen LogP contribution in [0.1, 0.15) is 23.1 Å². The fourth-order valence-corrected chi connectivity index (χ4v) is 2.75. The Balaban J connectivity index is 1.74. The van der Waals surface area contributed by atoms with E-state index < -0.39 is 5.82 Å². The maximum absolute atomic E-state index is 13.6. The number of benzene rings is 2. The quantitative estimate of drug-likeness (QED) is 0.900. The van der Waals surface area contributed by atoms with Crippen molar-refractivity contribution in [2.24, 2.45) is 0 Å². The Morgan fingerprint density at radius 1 is 1.15 bits per heavy atom. The first-order valence-electron chi connectivity index (χ1n) is 6.79. The van der Waals surface area contributed by atoms with Crippen LogP contribution < -0.4 is 5.32 Å². The summed E-state index contributed by atoms with van der Waals surface area (Å²) in [6.07, 6.45) is 3.04. The Hall–Kier alpha value is -2.34. The summed E-state index contributed by atoms with van der Waals surface area (Å²) < 4.78 is 13.6. The molecule has 1 atom stereocenters. The van der Waals surface area contributed by atoms with E-state index in [4.69, 9.17) is 5.26 Å². The van der Waals surface area contributed by atoms with Gasteiger partial charge < -0.3 is 5.32 Å². The molecule has 3 heteroatoms. The first kappa shape index (κ1) is 12.7. The lowest BCUT2D eigenvalue weighted by Gasteiger charge is -2.26. The summed E-state index contributed by atoms with van der Waals surface area (Å²) in [5.41, 5.74) is 3.61. The van der Waals surface area contributed by atoms with Crippen molar-refractivity contribution in [2.45, 2.75) is 25.3 Å². The second kappa shape index (κ2) is 5.34. The molecule has 0 amide bonds. The number of hydrogen-bond acceptors (Lipinski definition) is 2. The molecule has 20 heavy (non-hydrogen) atoms. The second-order valence-electron chi connectivity index (χ2n) is 5.16. The highest BCUT2D eigenvalue weighted by molar-refractivity contribution is 5.49. The fraction of sp³-hybridized carbons (Fsp3) is 0.235. The smallest absolute Gasteiger partial charge is 0.143 e.